The second kappa shape index (κ2) is 5.82. The van der Waals surface area contributed by atoms with E-state index < -0.39 is 20.6 Å². The number of nitro benzene ring substituents is 1. The summed E-state index contributed by atoms with van der Waals surface area (Å²) < 4.78 is 36.5. The van der Waals surface area contributed by atoms with E-state index in [1.165, 1.54) is 30.3 Å². The smallest absolute Gasteiger partial charge is 0.258 e. The third-order valence-electron chi connectivity index (χ3n) is 2.61. The number of nitro groups is 1. The molecule has 8 heteroatoms. The van der Waals surface area contributed by atoms with Crippen LogP contribution in [0.2, 0.25) is 0 Å². The van der Waals surface area contributed by atoms with Crippen molar-refractivity contribution >= 4 is 27.3 Å². The van der Waals surface area contributed by atoms with Crippen molar-refractivity contribution in [3.8, 4) is 0 Å². The summed E-state index contributed by atoms with van der Waals surface area (Å²) in [6, 6.07) is 9.44. The van der Waals surface area contributed by atoms with E-state index in [9.17, 15) is 22.9 Å². The summed E-state index contributed by atoms with van der Waals surface area (Å²) in [4.78, 5) is 10.7. The average molecular weight is 327 g/mol. The Balaban J connectivity index is 2.50. The maximum absolute atomic E-state index is 13.6. The van der Waals surface area contributed by atoms with Gasteiger partial charge in [0.15, 0.2) is 9.84 Å². The van der Waals surface area contributed by atoms with Gasteiger partial charge in [0.2, 0.25) is 0 Å². The zero-order chi connectivity index (χ0) is 15.6. The molecule has 5 nitrogen and oxygen atoms in total. The van der Waals surface area contributed by atoms with Crippen molar-refractivity contribution in [1.29, 1.82) is 0 Å². The molecule has 0 aliphatic carbocycles. The van der Waals surface area contributed by atoms with Crippen molar-refractivity contribution in [3.05, 3.63) is 58.4 Å². The first kappa shape index (κ1) is 15.5. The lowest BCUT2D eigenvalue weighted by Crippen LogP contribution is -1.99. The molecule has 0 spiro atoms. The molecule has 0 heterocycles. The van der Waals surface area contributed by atoms with Gasteiger partial charge in [-0.1, -0.05) is 23.9 Å². The second-order valence-corrected chi connectivity index (χ2v) is 7.29. The summed E-state index contributed by atoms with van der Waals surface area (Å²) >= 11 is 0.877. The molecule has 0 N–H and O–H groups in total. The molecule has 0 fully saturated rings. The highest BCUT2D eigenvalue weighted by Gasteiger charge is 2.20. The minimum Gasteiger partial charge on any atom is -0.258 e. The number of benzene rings is 2. The van der Waals surface area contributed by atoms with Gasteiger partial charge >= 0.3 is 0 Å². The molecule has 0 saturated carbocycles. The quantitative estimate of drug-likeness (QED) is 0.636. The first-order valence-electron chi connectivity index (χ1n) is 5.70. The predicted molar refractivity (Wildman–Crippen MR) is 76.7 cm³/mol. The molecular formula is C13H10FNO4S2. The van der Waals surface area contributed by atoms with Crippen LogP contribution in [0.4, 0.5) is 10.1 Å². The Morgan fingerprint density at radius 3 is 2.38 bits per heavy atom. The number of sulfone groups is 1. The summed E-state index contributed by atoms with van der Waals surface area (Å²) in [5, 5.41) is 11.1. The van der Waals surface area contributed by atoms with Gasteiger partial charge in [0.25, 0.3) is 5.69 Å². The number of nitrogens with zero attached hydrogens (tertiary/aromatic N) is 1. The van der Waals surface area contributed by atoms with Gasteiger partial charge in [-0.25, -0.2) is 12.8 Å². The summed E-state index contributed by atoms with van der Waals surface area (Å²) in [6.07, 6.45) is 0.968. The molecule has 2 rings (SSSR count). The maximum atomic E-state index is 13.6. The van der Waals surface area contributed by atoms with Gasteiger partial charge < -0.3 is 0 Å². The van der Waals surface area contributed by atoms with Crippen molar-refractivity contribution in [2.75, 3.05) is 6.26 Å². The highest BCUT2D eigenvalue weighted by molar-refractivity contribution is 7.99. The van der Waals surface area contributed by atoms with Gasteiger partial charge in [0, 0.05) is 17.2 Å². The third kappa shape index (κ3) is 3.59. The van der Waals surface area contributed by atoms with Crippen LogP contribution >= 0.6 is 11.8 Å². The van der Waals surface area contributed by atoms with E-state index in [1.807, 2.05) is 0 Å². The van der Waals surface area contributed by atoms with Crippen LogP contribution < -0.4 is 0 Å². The highest BCUT2D eigenvalue weighted by atomic mass is 32.2. The first-order valence-corrected chi connectivity index (χ1v) is 8.40. The highest BCUT2D eigenvalue weighted by Crippen LogP contribution is 2.37. The van der Waals surface area contributed by atoms with E-state index in [1.54, 1.807) is 6.07 Å². The molecule has 0 bridgehead atoms. The normalized spacial score (nSPS) is 11.3. The largest absolute Gasteiger partial charge is 0.284 e. The van der Waals surface area contributed by atoms with Crippen molar-refractivity contribution in [2.24, 2.45) is 0 Å². The van der Waals surface area contributed by atoms with Gasteiger partial charge in [-0.05, 0) is 24.3 Å². The van der Waals surface area contributed by atoms with E-state index >= 15 is 0 Å². The maximum Gasteiger partial charge on any atom is 0.284 e. The Labute approximate surface area is 124 Å². The Morgan fingerprint density at radius 1 is 1.14 bits per heavy atom. The number of hydrogen-bond acceptors (Lipinski definition) is 5. The third-order valence-corrected chi connectivity index (χ3v) is 4.84. The Bertz CT molecular complexity index is 806. The fourth-order valence-corrected chi connectivity index (χ4v) is 3.17. The first-order chi connectivity index (χ1) is 9.79. The number of rotatable bonds is 4. The zero-order valence-electron chi connectivity index (χ0n) is 10.8. The fraction of sp³-hybridized carbons (Fsp3) is 0.0769. The molecule has 0 aliphatic heterocycles. The molecule has 0 aromatic heterocycles. The topological polar surface area (TPSA) is 77.3 Å². The SMILES string of the molecule is CS(=O)(=O)c1ccc(Sc2ccccc2F)c([N+](=O)[O-])c1. The van der Waals surface area contributed by atoms with Crippen molar-refractivity contribution < 1.29 is 17.7 Å². The van der Waals surface area contributed by atoms with E-state index in [-0.39, 0.29) is 20.4 Å². The van der Waals surface area contributed by atoms with E-state index in [2.05, 4.69) is 0 Å². The molecule has 110 valence electrons. The number of halogens is 1. The van der Waals surface area contributed by atoms with Gasteiger partial charge in [0.1, 0.15) is 5.82 Å². The number of hydrogen-bond donors (Lipinski definition) is 0. The van der Waals surface area contributed by atoms with Crippen LogP contribution in [0, 0.1) is 15.9 Å². The Morgan fingerprint density at radius 2 is 1.81 bits per heavy atom. The molecule has 21 heavy (non-hydrogen) atoms. The lowest BCUT2D eigenvalue weighted by Gasteiger charge is -2.05. The summed E-state index contributed by atoms with van der Waals surface area (Å²) in [6.45, 7) is 0. The average Bonchev–Trinajstić information content (AvgIpc) is 2.40. The minimum absolute atomic E-state index is 0.146. The molecule has 0 radical (unpaired) electrons. The van der Waals surface area contributed by atoms with Crippen LogP contribution in [-0.2, 0) is 9.84 Å². The Hall–Kier alpha value is -1.93. The minimum atomic E-state index is -3.54. The Kier molecular flexibility index (Phi) is 4.29. The van der Waals surface area contributed by atoms with Crippen LogP contribution in [-0.4, -0.2) is 19.6 Å². The molecular weight excluding hydrogens is 317 g/mol. The van der Waals surface area contributed by atoms with Crippen LogP contribution in [0.15, 0.2) is 57.2 Å². The van der Waals surface area contributed by atoms with Gasteiger partial charge in [-0.3, -0.25) is 10.1 Å². The molecule has 0 aliphatic rings. The van der Waals surface area contributed by atoms with Crippen LogP contribution in [0.1, 0.15) is 0 Å². The lowest BCUT2D eigenvalue weighted by atomic mass is 10.3. The van der Waals surface area contributed by atoms with E-state index in [0.29, 0.717) is 0 Å². The van der Waals surface area contributed by atoms with Crippen molar-refractivity contribution in [3.63, 3.8) is 0 Å². The summed E-state index contributed by atoms with van der Waals surface area (Å²) in [5.74, 6) is -0.496. The van der Waals surface area contributed by atoms with Gasteiger partial charge in [-0.2, -0.15) is 0 Å². The van der Waals surface area contributed by atoms with Crippen molar-refractivity contribution in [1.82, 2.24) is 0 Å². The van der Waals surface area contributed by atoms with Crippen LogP contribution in [0.3, 0.4) is 0 Å². The molecule has 0 amide bonds. The van der Waals surface area contributed by atoms with Gasteiger partial charge in [0.05, 0.1) is 14.7 Å². The van der Waals surface area contributed by atoms with Crippen LogP contribution in [0.5, 0.6) is 0 Å². The standard InChI is InChI=1S/C13H10FNO4S2/c1-21(18,19)9-6-7-13(11(8-9)15(16)17)20-12-5-3-2-4-10(12)14/h2-8H,1H3. The molecule has 2 aromatic carbocycles. The predicted octanol–water partition coefficient (Wildman–Crippen LogP) is 3.29. The van der Waals surface area contributed by atoms with Gasteiger partial charge in [-0.15, -0.1) is 0 Å². The monoisotopic (exact) mass is 327 g/mol. The summed E-state index contributed by atoms with van der Waals surface area (Å²) in [7, 11) is -3.54. The lowest BCUT2D eigenvalue weighted by molar-refractivity contribution is -0.388. The fourth-order valence-electron chi connectivity index (χ4n) is 1.60. The molecule has 2 aromatic rings. The molecule has 0 unspecified atom stereocenters. The second-order valence-electron chi connectivity index (χ2n) is 4.19. The van der Waals surface area contributed by atoms with Crippen molar-refractivity contribution in [2.45, 2.75) is 14.7 Å². The summed E-state index contributed by atoms with van der Waals surface area (Å²) in [5.41, 5.74) is -0.369. The molecule has 0 saturated heterocycles. The van der Waals surface area contributed by atoms with E-state index in [4.69, 9.17) is 0 Å². The van der Waals surface area contributed by atoms with E-state index in [0.717, 1.165) is 24.1 Å². The van der Waals surface area contributed by atoms with Crippen LogP contribution in [0.25, 0.3) is 0 Å². The molecule has 0 atom stereocenters. The zero-order valence-corrected chi connectivity index (χ0v) is 12.4.